The predicted octanol–water partition coefficient (Wildman–Crippen LogP) is 1.89. The lowest BCUT2D eigenvalue weighted by Gasteiger charge is -2.31. The highest BCUT2D eigenvalue weighted by molar-refractivity contribution is 6.05. The molecule has 1 N–H and O–H groups in total. The molecule has 3 atom stereocenters. The molecule has 172 valence electrons. The van der Waals surface area contributed by atoms with Gasteiger partial charge in [0.2, 0.25) is 23.6 Å². The lowest BCUT2D eigenvalue weighted by atomic mass is 9.85. The Balaban J connectivity index is 1.73. The fourth-order valence-corrected chi connectivity index (χ4v) is 4.45. The van der Waals surface area contributed by atoms with Crippen molar-refractivity contribution in [3.8, 4) is 5.75 Å². The van der Waals surface area contributed by atoms with Crippen LogP contribution in [0.1, 0.15) is 38.2 Å². The molecule has 1 aromatic rings. The second-order valence-electron chi connectivity index (χ2n) is 8.14. The first-order valence-corrected chi connectivity index (χ1v) is 11.0. The van der Waals surface area contributed by atoms with Crippen LogP contribution in [0.5, 0.6) is 5.75 Å². The minimum Gasteiger partial charge on any atom is -0.497 e. The fourth-order valence-electron chi connectivity index (χ4n) is 4.45. The Morgan fingerprint density at radius 1 is 1.12 bits per heavy atom. The van der Waals surface area contributed by atoms with Gasteiger partial charge in [0.05, 0.1) is 18.9 Å². The Bertz CT molecular complexity index is 869. The van der Waals surface area contributed by atoms with E-state index in [-0.39, 0.29) is 55.0 Å². The average Bonchev–Trinajstić information content (AvgIpc) is 3.07. The monoisotopic (exact) mass is 441 g/mol. The average molecular weight is 442 g/mol. The van der Waals surface area contributed by atoms with Gasteiger partial charge in [-0.1, -0.05) is 31.2 Å². The molecule has 1 heterocycles. The largest absolute Gasteiger partial charge is 0.497 e. The van der Waals surface area contributed by atoms with Gasteiger partial charge in [0.1, 0.15) is 11.8 Å². The van der Waals surface area contributed by atoms with Gasteiger partial charge in [0.15, 0.2) is 0 Å². The van der Waals surface area contributed by atoms with Crippen molar-refractivity contribution in [2.75, 3.05) is 20.7 Å². The van der Waals surface area contributed by atoms with Crippen LogP contribution in [-0.2, 0) is 25.7 Å². The number of nitrogens with zero attached hydrogens (tertiary/aromatic N) is 2. The number of carbonyl (C=O) groups is 4. The summed E-state index contributed by atoms with van der Waals surface area (Å²) in [4.78, 5) is 53.9. The van der Waals surface area contributed by atoms with Crippen molar-refractivity contribution in [1.29, 1.82) is 0 Å². The minimum absolute atomic E-state index is 0.0198. The van der Waals surface area contributed by atoms with Crippen LogP contribution in [0.15, 0.2) is 36.4 Å². The molecule has 1 aromatic carbocycles. The smallest absolute Gasteiger partial charge is 0.242 e. The van der Waals surface area contributed by atoms with Crippen molar-refractivity contribution in [3.63, 3.8) is 0 Å². The number of hydrogen-bond acceptors (Lipinski definition) is 5. The first kappa shape index (κ1) is 23.5. The third kappa shape index (κ3) is 4.84. The zero-order valence-electron chi connectivity index (χ0n) is 18.9. The number of rotatable bonds is 9. The van der Waals surface area contributed by atoms with Crippen LogP contribution in [0, 0.1) is 11.8 Å². The number of benzene rings is 1. The van der Waals surface area contributed by atoms with Crippen LogP contribution in [0.2, 0.25) is 0 Å². The van der Waals surface area contributed by atoms with E-state index >= 15 is 0 Å². The van der Waals surface area contributed by atoms with Crippen LogP contribution < -0.4 is 10.1 Å². The molecule has 3 rings (SSSR count). The molecule has 2 aliphatic rings. The van der Waals surface area contributed by atoms with Gasteiger partial charge in [0, 0.05) is 26.6 Å². The Morgan fingerprint density at radius 2 is 1.72 bits per heavy atom. The maximum absolute atomic E-state index is 13.2. The van der Waals surface area contributed by atoms with Gasteiger partial charge < -0.3 is 15.0 Å². The molecule has 0 aromatic heterocycles. The molecule has 1 aliphatic heterocycles. The summed E-state index contributed by atoms with van der Waals surface area (Å²) in [5, 5.41) is 2.62. The number of fused-ring (bicyclic) bond motifs is 1. The second kappa shape index (κ2) is 10.4. The van der Waals surface area contributed by atoms with Crippen molar-refractivity contribution in [1.82, 2.24) is 15.1 Å². The zero-order chi connectivity index (χ0) is 23.3. The van der Waals surface area contributed by atoms with Gasteiger partial charge in [-0.05, 0) is 37.0 Å². The number of hydrogen-bond donors (Lipinski definition) is 1. The highest BCUT2D eigenvalue weighted by atomic mass is 16.5. The van der Waals surface area contributed by atoms with E-state index in [1.807, 2.05) is 31.2 Å². The van der Waals surface area contributed by atoms with Crippen LogP contribution in [0.25, 0.3) is 0 Å². The van der Waals surface area contributed by atoms with E-state index in [2.05, 4.69) is 5.32 Å². The molecular formula is C24H31N3O5. The van der Waals surface area contributed by atoms with E-state index in [0.717, 1.165) is 5.56 Å². The van der Waals surface area contributed by atoms with Crippen molar-refractivity contribution < 1.29 is 23.9 Å². The first-order chi connectivity index (χ1) is 15.4. The molecular weight excluding hydrogens is 410 g/mol. The molecule has 1 saturated heterocycles. The van der Waals surface area contributed by atoms with Gasteiger partial charge in [-0.3, -0.25) is 24.1 Å². The van der Waals surface area contributed by atoms with Crippen molar-refractivity contribution >= 4 is 23.6 Å². The summed E-state index contributed by atoms with van der Waals surface area (Å²) < 4.78 is 5.18. The molecule has 8 nitrogen and oxygen atoms in total. The minimum atomic E-state index is -0.647. The first-order valence-electron chi connectivity index (χ1n) is 11.0. The summed E-state index contributed by atoms with van der Waals surface area (Å²) in [6.07, 6.45) is 5.43. The lowest BCUT2D eigenvalue weighted by Crippen LogP contribution is -2.49. The third-order valence-corrected chi connectivity index (χ3v) is 6.29. The molecule has 8 heteroatoms. The summed E-state index contributed by atoms with van der Waals surface area (Å²) in [5.74, 6) is -0.842. The quantitative estimate of drug-likeness (QED) is 0.466. The Labute approximate surface area is 188 Å². The number of amides is 4. The van der Waals surface area contributed by atoms with E-state index in [0.29, 0.717) is 25.0 Å². The topological polar surface area (TPSA) is 96.0 Å². The second-order valence-corrected chi connectivity index (χ2v) is 8.14. The van der Waals surface area contributed by atoms with Crippen LogP contribution >= 0.6 is 0 Å². The Kier molecular flexibility index (Phi) is 7.66. The standard InChI is InChI=1S/C24H31N3O5/c1-4-20(22(29)25-2)27(15-16-9-11-17(32-3)12-10-16)21(28)13-14-26-23(30)18-7-5-6-8-19(18)24(26)31/h5-6,9-12,18-20H,4,7-8,13-15H2,1-3H3,(H,25,29)/t18-,19+,20-/m1/s1. The molecule has 0 bridgehead atoms. The number of likely N-dealkylation sites (N-methyl/N-ethyl adjacent to an activating group) is 1. The van der Waals surface area contributed by atoms with Crippen molar-refractivity contribution in [3.05, 3.63) is 42.0 Å². The van der Waals surface area contributed by atoms with Gasteiger partial charge in [0.25, 0.3) is 0 Å². The summed E-state index contributed by atoms with van der Waals surface area (Å²) in [7, 11) is 3.12. The third-order valence-electron chi connectivity index (χ3n) is 6.29. The van der Waals surface area contributed by atoms with Crippen LogP contribution in [0.3, 0.4) is 0 Å². The highest BCUT2D eigenvalue weighted by Crippen LogP contribution is 2.35. The number of ether oxygens (including phenoxy) is 1. The van der Waals surface area contributed by atoms with Crippen LogP contribution in [0.4, 0.5) is 0 Å². The Hall–Kier alpha value is -3.16. The normalized spacial score (nSPS) is 20.7. The molecule has 1 fully saturated rings. The van der Waals surface area contributed by atoms with Gasteiger partial charge in [-0.2, -0.15) is 0 Å². The van der Waals surface area contributed by atoms with Gasteiger partial charge >= 0.3 is 0 Å². The SMILES string of the molecule is CC[C@H](C(=O)NC)N(Cc1ccc(OC)cc1)C(=O)CCN1C(=O)[C@H]2CC=CC[C@H]2C1=O. The summed E-state index contributed by atoms with van der Waals surface area (Å²) >= 11 is 0. The van der Waals surface area contributed by atoms with Crippen LogP contribution in [-0.4, -0.2) is 60.2 Å². The highest BCUT2D eigenvalue weighted by Gasteiger charge is 2.47. The number of imide groups is 1. The summed E-state index contributed by atoms with van der Waals surface area (Å²) in [5.41, 5.74) is 0.854. The number of methoxy groups -OCH3 is 1. The predicted molar refractivity (Wildman–Crippen MR) is 118 cm³/mol. The summed E-state index contributed by atoms with van der Waals surface area (Å²) in [6.45, 7) is 2.12. The number of nitrogens with one attached hydrogen (secondary N) is 1. The number of carbonyl (C=O) groups excluding carboxylic acids is 4. The van der Waals surface area contributed by atoms with Gasteiger partial charge in [-0.25, -0.2) is 0 Å². The molecule has 0 saturated carbocycles. The van der Waals surface area contributed by atoms with E-state index in [4.69, 9.17) is 4.74 Å². The molecule has 1 aliphatic carbocycles. The lowest BCUT2D eigenvalue weighted by molar-refractivity contribution is -0.144. The molecule has 0 spiro atoms. The zero-order valence-corrected chi connectivity index (χ0v) is 18.9. The number of allylic oxidation sites excluding steroid dienone is 2. The molecule has 4 amide bonds. The molecule has 32 heavy (non-hydrogen) atoms. The van der Waals surface area contributed by atoms with E-state index in [9.17, 15) is 19.2 Å². The number of likely N-dealkylation sites (tertiary alicyclic amines) is 1. The van der Waals surface area contributed by atoms with E-state index < -0.39 is 6.04 Å². The Morgan fingerprint density at radius 3 is 2.22 bits per heavy atom. The van der Waals surface area contributed by atoms with E-state index in [1.165, 1.54) is 9.80 Å². The maximum atomic E-state index is 13.2. The fraction of sp³-hybridized carbons (Fsp3) is 0.500. The van der Waals surface area contributed by atoms with Crippen molar-refractivity contribution in [2.45, 2.75) is 45.2 Å². The van der Waals surface area contributed by atoms with E-state index in [1.54, 1.807) is 26.3 Å². The maximum Gasteiger partial charge on any atom is 0.242 e. The molecule has 0 radical (unpaired) electrons. The summed E-state index contributed by atoms with van der Waals surface area (Å²) in [6, 6.07) is 6.65. The van der Waals surface area contributed by atoms with Crippen molar-refractivity contribution in [2.24, 2.45) is 11.8 Å². The molecule has 0 unspecified atom stereocenters. The van der Waals surface area contributed by atoms with Gasteiger partial charge in [-0.15, -0.1) is 0 Å².